The minimum atomic E-state index is -1.27. The standard InChI is InChI=1S/C24H26N2O4/c1-5-20-16-17(2)25-23(26-20)30-21(22(27)28-3)24(29-4,18-12-8-6-9-13-18)19-14-10-7-11-15-19/h6-16,21H,5H2,1-4H3. The van der Waals surface area contributed by atoms with Gasteiger partial charge in [-0.1, -0.05) is 67.6 Å². The SMILES string of the molecule is CCc1cc(C)nc(OC(C(=O)OC)C(OC)(c2ccccc2)c2ccccc2)n1. The summed E-state index contributed by atoms with van der Waals surface area (Å²) in [4.78, 5) is 21.8. The fourth-order valence-electron chi connectivity index (χ4n) is 3.53. The normalized spacial score (nSPS) is 12.3. The van der Waals surface area contributed by atoms with E-state index in [2.05, 4.69) is 9.97 Å². The summed E-state index contributed by atoms with van der Waals surface area (Å²) in [6.07, 6.45) is -0.459. The topological polar surface area (TPSA) is 70.5 Å². The van der Waals surface area contributed by atoms with Gasteiger partial charge in [0.1, 0.15) is 0 Å². The van der Waals surface area contributed by atoms with E-state index in [1.165, 1.54) is 7.11 Å². The second-order valence-electron chi connectivity index (χ2n) is 6.83. The number of hydrogen-bond acceptors (Lipinski definition) is 6. The minimum Gasteiger partial charge on any atom is -0.466 e. The number of rotatable bonds is 8. The molecule has 0 saturated carbocycles. The van der Waals surface area contributed by atoms with Crippen LogP contribution in [0.5, 0.6) is 6.01 Å². The van der Waals surface area contributed by atoms with Crippen LogP contribution in [0.25, 0.3) is 0 Å². The third kappa shape index (κ3) is 4.19. The van der Waals surface area contributed by atoms with Crippen LogP contribution in [-0.4, -0.2) is 36.3 Å². The molecular formula is C24H26N2O4. The number of carbonyl (C=O) groups excluding carboxylic acids is 1. The van der Waals surface area contributed by atoms with Crippen LogP contribution in [0.3, 0.4) is 0 Å². The van der Waals surface area contributed by atoms with Crippen molar-refractivity contribution in [1.82, 2.24) is 9.97 Å². The Hall–Kier alpha value is -3.25. The average Bonchev–Trinajstić information content (AvgIpc) is 2.79. The van der Waals surface area contributed by atoms with Gasteiger partial charge in [0.15, 0.2) is 5.60 Å². The summed E-state index contributed by atoms with van der Waals surface area (Å²) in [7, 11) is 2.87. The molecule has 6 heteroatoms. The molecule has 3 aromatic rings. The maximum atomic E-state index is 13.0. The first kappa shape index (κ1) is 21.5. The molecule has 0 saturated heterocycles. The van der Waals surface area contributed by atoms with Crippen molar-refractivity contribution in [3.63, 3.8) is 0 Å². The highest BCUT2D eigenvalue weighted by Crippen LogP contribution is 2.38. The number of methoxy groups -OCH3 is 2. The van der Waals surface area contributed by atoms with Gasteiger partial charge in [0.2, 0.25) is 6.10 Å². The first-order valence-corrected chi connectivity index (χ1v) is 9.80. The van der Waals surface area contributed by atoms with E-state index in [0.29, 0.717) is 0 Å². The molecule has 1 atom stereocenters. The van der Waals surface area contributed by atoms with Crippen LogP contribution >= 0.6 is 0 Å². The highest BCUT2D eigenvalue weighted by Gasteiger charge is 2.50. The summed E-state index contributed by atoms with van der Waals surface area (Å²) < 4.78 is 17.3. The monoisotopic (exact) mass is 406 g/mol. The van der Waals surface area contributed by atoms with E-state index in [0.717, 1.165) is 28.9 Å². The highest BCUT2D eigenvalue weighted by atomic mass is 16.6. The van der Waals surface area contributed by atoms with Gasteiger partial charge >= 0.3 is 12.0 Å². The first-order valence-electron chi connectivity index (χ1n) is 9.80. The molecular weight excluding hydrogens is 380 g/mol. The third-order valence-corrected chi connectivity index (χ3v) is 4.98. The number of nitrogens with zero attached hydrogens (tertiary/aromatic N) is 2. The number of esters is 1. The van der Waals surface area contributed by atoms with E-state index < -0.39 is 17.7 Å². The molecule has 156 valence electrons. The molecule has 0 aliphatic heterocycles. The van der Waals surface area contributed by atoms with Crippen molar-refractivity contribution in [1.29, 1.82) is 0 Å². The van der Waals surface area contributed by atoms with E-state index in [4.69, 9.17) is 14.2 Å². The molecule has 30 heavy (non-hydrogen) atoms. The van der Waals surface area contributed by atoms with Crippen LogP contribution < -0.4 is 4.74 Å². The molecule has 0 radical (unpaired) electrons. The molecule has 0 bridgehead atoms. The molecule has 0 aliphatic rings. The van der Waals surface area contributed by atoms with Gasteiger partial charge in [0.25, 0.3) is 0 Å². The Bertz CT molecular complexity index is 938. The van der Waals surface area contributed by atoms with Crippen molar-refractivity contribution in [2.45, 2.75) is 32.0 Å². The summed E-state index contributed by atoms with van der Waals surface area (Å²) in [6.45, 7) is 3.86. The van der Waals surface area contributed by atoms with E-state index >= 15 is 0 Å². The van der Waals surface area contributed by atoms with E-state index in [1.807, 2.05) is 80.6 Å². The third-order valence-electron chi connectivity index (χ3n) is 4.98. The number of aromatic nitrogens is 2. The fourth-order valence-corrected chi connectivity index (χ4v) is 3.53. The predicted molar refractivity (Wildman–Crippen MR) is 113 cm³/mol. The van der Waals surface area contributed by atoms with Crippen molar-refractivity contribution in [2.75, 3.05) is 14.2 Å². The zero-order valence-corrected chi connectivity index (χ0v) is 17.7. The van der Waals surface area contributed by atoms with Crippen LogP contribution in [-0.2, 0) is 26.3 Å². The zero-order valence-electron chi connectivity index (χ0n) is 17.7. The molecule has 1 unspecified atom stereocenters. The molecule has 0 spiro atoms. The van der Waals surface area contributed by atoms with Crippen molar-refractivity contribution in [3.05, 3.63) is 89.2 Å². The number of ether oxygens (including phenoxy) is 3. The molecule has 0 aliphatic carbocycles. The summed E-state index contributed by atoms with van der Waals surface area (Å²) in [5, 5.41) is 0. The van der Waals surface area contributed by atoms with Gasteiger partial charge in [-0.05, 0) is 30.5 Å². The van der Waals surface area contributed by atoms with Crippen LogP contribution in [0.15, 0.2) is 66.7 Å². The number of benzene rings is 2. The molecule has 6 nitrogen and oxygen atoms in total. The van der Waals surface area contributed by atoms with E-state index in [9.17, 15) is 4.79 Å². The second-order valence-corrected chi connectivity index (χ2v) is 6.83. The molecule has 0 amide bonds. The zero-order chi connectivity index (χ0) is 21.6. The highest BCUT2D eigenvalue weighted by molar-refractivity contribution is 5.78. The molecule has 1 aromatic heterocycles. The maximum Gasteiger partial charge on any atom is 0.351 e. The van der Waals surface area contributed by atoms with Gasteiger partial charge < -0.3 is 14.2 Å². The summed E-state index contributed by atoms with van der Waals surface area (Å²) in [5.41, 5.74) is 1.80. The van der Waals surface area contributed by atoms with Crippen molar-refractivity contribution >= 4 is 5.97 Å². The Morgan fingerprint density at radius 3 is 2.00 bits per heavy atom. The maximum absolute atomic E-state index is 13.0. The summed E-state index contributed by atoms with van der Waals surface area (Å²) in [5.74, 6) is -0.590. The van der Waals surface area contributed by atoms with Gasteiger partial charge in [0.05, 0.1) is 7.11 Å². The largest absolute Gasteiger partial charge is 0.466 e. The van der Waals surface area contributed by atoms with Gasteiger partial charge in [-0.15, -0.1) is 0 Å². The fraction of sp³-hybridized carbons (Fsp3) is 0.292. The number of hydrogen-bond donors (Lipinski definition) is 0. The molecule has 2 aromatic carbocycles. The summed E-state index contributed by atoms with van der Waals surface area (Å²) >= 11 is 0. The van der Waals surface area contributed by atoms with Crippen LogP contribution in [0.4, 0.5) is 0 Å². The summed E-state index contributed by atoms with van der Waals surface area (Å²) in [6, 6.07) is 20.9. The molecule has 1 heterocycles. The smallest absolute Gasteiger partial charge is 0.351 e. The minimum absolute atomic E-state index is 0.107. The van der Waals surface area contributed by atoms with Crippen molar-refractivity contribution in [2.24, 2.45) is 0 Å². The van der Waals surface area contributed by atoms with Crippen molar-refractivity contribution in [3.8, 4) is 6.01 Å². The van der Waals surface area contributed by atoms with E-state index in [1.54, 1.807) is 7.11 Å². The lowest BCUT2D eigenvalue weighted by Crippen LogP contribution is -2.51. The van der Waals surface area contributed by atoms with Gasteiger partial charge in [0, 0.05) is 18.5 Å². The van der Waals surface area contributed by atoms with Gasteiger partial charge in [-0.2, -0.15) is 0 Å². The molecule has 0 N–H and O–H groups in total. The van der Waals surface area contributed by atoms with Crippen molar-refractivity contribution < 1.29 is 19.0 Å². The molecule has 0 fully saturated rings. The van der Waals surface area contributed by atoms with Crippen LogP contribution in [0.2, 0.25) is 0 Å². The Balaban J connectivity index is 2.21. The lowest BCUT2D eigenvalue weighted by molar-refractivity contribution is -0.164. The molecule has 3 rings (SSSR count). The van der Waals surface area contributed by atoms with Gasteiger partial charge in [-0.3, -0.25) is 0 Å². The van der Waals surface area contributed by atoms with Crippen LogP contribution in [0, 0.1) is 6.92 Å². The average molecular weight is 406 g/mol. The van der Waals surface area contributed by atoms with E-state index in [-0.39, 0.29) is 6.01 Å². The number of carbonyl (C=O) groups is 1. The van der Waals surface area contributed by atoms with Crippen LogP contribution in [0.1, 0.15) is 29.4 Å². The predicted octanol–water partition coefficient (Wildman–Crippen LogP) is 3.86. The quantitative estimate of drug-likeness (QED) is 0.529. The Kier molecular flexibility index (Phi) is 6.79. The Morgan fingerprint density at radius 1 is 0.967 bits per heavy atom. The van der Waals surface area contributed by atoms with Gasteiger partial charge in [-0.25, -0.2) is 14.8 Å². The second kappa shape index (κ2) is 9.50. The number of aryl methyl sites for hydroxylation is 2. The lowest BCUT2D eigenvalue weighted by Gasteiger charge is -2.38. The Labute approximate surface area is 176 Å². The Morgan fingerprint density at radius 2 is 1.53 bits per heavy atom. The lowest BCUT2D eigenvalue weighted by atomic mass is 9.81. The first-order chi connectivity index (χ1) is 14.5.